The standard InChI is InChI=1S/C14H16BrN5O2S/c1-19(13(22)8-23-14-18-16-9-20(14)2)7-12(21)17-11-6-4-3-5-10(11)15/h3-6,9H,7-8H2,1-2H3,(H,17,21). The van der Waals surface area contributed by atoms with E-state index in [-0.39, 0.29) is 24.1 Å². The molecule has 0 aliphatic rings. The zero-order chi connectivity index (χ0) is 16.8. The minimum atomic E-state index is -0.253. The molecule has 0 fully saturated rings. The van der Waals surface area contributed by atoms with Crippen molar-refractivity contribution < 1.29 is 9.59 Å². The van der Waals surface area contributed by atoms with E-state index < -0.39 is 0 Å². The van der Waals surface area contributed by atoms with Gasteiger partial charge in [-0.25, -0.2) is 0 Å². The highest BCUT2D eigenvalue weighted by Gasteiger charge is 2.15. The second kappa shape index (κ2) is 8.11. The molecule has 0 radical (unpaired) electrons. The van der Waals surface area contributed by atoms with Gasteiger partial charge in [-0.05, 0) is 28.1 Å². The van der Waals surface area contributed by atoms with Gasteiger partial charge < -0.3 is 14.8 Å². The first-order chi connectivity index (χ1) is 11.0. The molecule has 7 nitrogen and oxygen atoms in total. The molecular formula is C14H16BrN5O2S. The minimum absolute atomic E-state index is 0.0143. The maximum atomic E-state index is 12.1. The van der Waals surface area contributed by atoms with Crippen LogP contribution in [0.4, 0.5) is 5.69 Å². The fraction of sp³-hybridized carbons (Fsp3) is 0.286. The van der Waals surface area contributed by atoms with Crippen molar-refractivity contribution in [1.29, 1.82) is 0 Å². The van der Waals surface area contributed by atoms with Gasteiger partial charge in [0, 0.05) is 18.6 Å². The number of para-hydroxylation sites is 1. The summed E-state index contributed by atoms with van der Waals surface area (Å²) in [5.74, 6) is -0.206. The van der Waals surface area contributed by atoms with E-state index in [1.807, 2.05) is 25.2 Å². The van der Waals surface area contributed by atoms with Crippen LogP contribution in [0, 0.1) is 0 Å². The van der Waals surface area contributed by atoms with Crippen LogP contribution in [0.3, 0.4) is 0 Å². The SMILES string of the molecule is CN(CC(=O)Nc1ccccc1Br)C(=O)CSc1nncn1C. The molecule has 1 aromatic carbocycles. The summed E-state index contributed by atoms with van der Waals surface area (Å²) in [5.41, 5.74) is 0.673. The van der Waals surface area contributed by atoms with Crippen LogP contribution in [0.15, 0.2) is 40.2 Å². The number of likely N-dealkylation sites (N-methyl/N-ethyl adjacent to an activating group) is 1. The molecule has 1 aromatic heterocycles. The molecule has 1 N–H and O–H groups in total. The van der Waals surface area contributed by atoms with Gasteiger partial charge in [-0.3, -0.25) is 9.59 Å². The Kier molecular flexibility index (Phi) is 6.17. The summed E-state index contributed by atoms with van der Waals surface area (Å²) in [5, 5.41) is 11.1. The number of aromatic nitrogens is 3. The van der Waals surface area contributed by atoms with Crippen LogP contribution < -0.4 is 5.32 Å². The van der Waals surface area contributed by atoms with Crippen LogP contribution in [-0.4, -0.2) is 50.8 Å². The largest absolute Gasteiger partial charge is 0.336 e. The molecule has 0 bridgehead atoms. The molecule has 1 heterocycles. The molecule has 122 valence electrons. The third-order valence-electron chi connectivity index (χ3n) is 2.95. The Morgan fingerprint density at radius 1 is 1.39 bits per heavy atom. The number of hydrogen-bond donors (Lipinski definition) is 1. The van der Waals surface area contributed by atoms with Gasteiger partial charge in [0.2, 0.25) is 11.8 Å². The Morgan fingerprint density at radius 2 is 2.13 bits per heavy atom. The van der Waals surface area contributed by atoms with Crippen molar-refractivity contribution in [2.45, 2.75) is 5.16 Å². The number of thioether (sulfide) groups is 1. The van der Waals surface area contributed by atoms with Gasteiger partial charge in [-0.1, -0.05) is 23.9 Å². The van der Waals surface area contributed by atoms with E-state index in [1.165, 1.54) is 16.7 Å². The number of amides is 2. The van der Waals surface area contributed by atoms with Crippen LogP contribution >= 0.6 is 27.7 Å². The van der Waals surface area contributed by atoms with Crippen LogP contribution in [0.5, 0.6) is 0 Å². The molecule has 9 heteroatoms. The third kappa shape index (κ3) is 5.07. The highest BCUT2D eigenvalue weighted by atomic mass is 79.9. The Labute approximate surface area is 146 Å². The summed E-state index contributed by atoms with van der Waals surface area (Å²) in [7, 11) is 3.40. The average molecular weight is 398 g/mol. The van der Waals surface area contributed by atoms with Crippen LogP contribution in [-0.2, 0) is 16.6 Å². The van der Waals surface area contributed by atoms with Gasteiger partial charge in [-0.15, -0.1) is 10.2 Å². The van der Waals surface area contributed by atoms with Gasteiger partial charge >= 0.3 is 0 Å². The van der Waals surface area contributed by atoms with E-state index in [4.69, 9.17) is 0 Å². The number of anilines is 1. The predicted molar refractivity (Wildman–Crippen MR) is 92.1 cm³/mol. The fourth-order valence-corrected chi connectivity index (χ4v) is 2.91. The minimum Gasteiger partial charge on any atom is -0.336 e. The second-order valence-electron chi connectivity index (χ2n) is 4.79. The summed E-state index contributed by atoms with van der Waals surface area (Å²) in [4.78, 5) is 25.5. The number of nitrogens with one attached hydrogen (secondary N) is 1. The molecular weight excluding hydrogens is 382 g/mol. The summed E-state index contributed by atoms with van der Waals surface area (Å²) < 4.78 is 2.53. The molecule has 23 heavy (non-hydrogen) atoms. The molecule has 0 saturated heterocycles. The maximum Gasteiger partial charge on any atom is 0.244 e. The summed E-state index contributed by atoms with van der Waals surface area (Å²) >= 11 is 4.64. The smallest absolute Gasteiger partial charge is 0.244 e. The van der Waals surface area contributed by atoms with Crippen LogP contribution in [0.25, 0.3) is 0 Å². The summed E-state index contributed by atoms with van der Waals surface area (Å²) in [6.07, 6.45) is 1.57. The van der Waals surface area contributed by atoms with Crippen LogP contribution in [0.1, 0.15) is 0 Å². The fourth-order valence-electron chi connectivity index (χ4n) is 1.70. The van der Waals surface area contributed by atoms with Gasteiger partial charge in [0.15, 0.2) is 5.16 Å². The highest BCUT2D eigenvalue weighted by Crippen LogP contribution is 2.21. The lowest BCUT2D eigenvalue weighted by atomic mass is 10.3. The number of aryl methyl sites for hydroxylation is 1. The molecule has 2 amide bonds. The number of benzene rings is 1. The predicted octanol–water partition coefficient (Wildman–Crippen LogP) is 1.77. The monoisotopic (exact) mass is 397 g/mol. The third-order valence-corrected chi connectivity index (χ3v) is 4.66. The zero-order valence-electron chi connectivity index (χ0n) is 12.7. The van der Waals surface area contributed by atoms with Crippen molar-refractivity contribution in [2.75, 3.05) is 24.7 Å². The zero-order valence-corrected chi connectivity index (χ0v) is 15.1. The quantitative estimate of drug-likeness (QED) is 0.751. The van der Waals surface area contributed by atoms with Gasteiger partial charge in [-0.2, -0.15) is 0 Å². The maximum absolute atomic E-state index is 12.1. The van der Waals surface area contributed by atoms with Crippen molar-refractivity contribution in [3.63, 3.8) is 0 Å². The average Bonchev–Trinajstić information content (AvgIpc) is 2.92. The summed E-state index contributed by atoms with van der Waals surface area (Å²) in [6, 6.07) is 7.31. The van der Waals surface area contributed by atoms with Crippen molar-refractivity contribution in [3.05, 3.63) is 35.1 Å². The first kappa shape index (κ1) is 17.5. The van der Waals surface area contributed by atoms with Crippen molar-refractivity contribution >= 4 is 45.2 Å². The lowest BCUT2D eigenvalue weighted by molar-refractivity contribution is -0.131. The molecule has 0 saturated carbocycles. The molecule has 2 aromatic rings. The molecule has 0 aliphatic carbocycles. The highest BCUT2D eigenvalue weighted by molar-refractivity contribution is 9.10. The van der Waals surface area contributed by atoms with E-state index in [0.717, 1.165) is 4.47 Å². The second-order valence-corrected chi connectivity index (χ2v) is 6.59. The number of hydrogen-bond acceptors (Lipinski definition) is 5. The number of halogens is 1. The van der Waals surface area contributed by atoms with Gasteiger partial charge in [0.05, 0.1) is 18.0 Å². The first-order valence-corrected chi connectivity index (χ1v) is 8.50. The van der Waals surface area contributed by atoms with E-state index >= 15 is 0 Å². The van der Waals surface area contributed by atoms with Gasteiger partial charge in [0.1, 0.15) is 6.33 Å². The molecule has 0 aliphatic heterocycles. The van der Waals surface area contributed by atoms with E-state index in [2.05, 4.69) is 31.4 Å². The molecule has 0 unspecified atom stereocenters. The summed E-state index contributed by atoms with van der Waals surface area (Å²) in [6.45, 7) is -0.0143. The Hall–Kier alpha value is -1.87. The lowest BCUT2D eigenvalue weighted by Crippen LogP contribution is -2.36. The molecule has 0 atom stereocenters. The van der Waals surface area contributed by atoms with E-state index in [0.29, 0.717) is 10.8 Å². The van der Waals surface area contributed by atoms with Crippen molar-refractivity contribution in [3.8, 4) is 0 Å². The molecule has 2 rings (SSSR count). The number of carbonyl (C=O) groups excluding carboxylic acids is 2. The Morgan fingerprint density at radius 3 is 2.78 bits per heavy atom. The normalized spacial score (nSPS) is 10.4. The number of nitrogens with zero attached hydrogens (tertiary/aromatic N) is 4. The first-order valence-electron chi connectivity index (χ1n) is 6.72. The number of carbonyl (C=O) groups is 2. The Balaban J connectivity index is 1.82. The Bertz CT molecular complexity index is 706. The van der Waals surface area contributed by atoms with E-state index in [9.17, 15) is 9.59 Å². The van der Waals surface area contributed by atoms with Crippen LogP contribution in [0.2, 0.25) is 0 Å². The topological polar surface area (TPSA) is 80.1 Å². The van der Waals surface area contributed by atoms with Crippen molar-refractivity contribution in [2.24, 2.45) is 7.05 Å². The molecule has 0 spiro atoms. The van der Waals surface area contributed by atoms with Gasteiger partial charge in [0.25, 0.3) is 0 Å². The number of rotatable bonds is 6. The lowest BCUT2D eigenvalue weighted by Gasteiger charge is -2.16. The van der Waals surface area contributed by atoms with E-state index in [1.54, 1.807) is 24.0 Å². The van der Waals surface area contributed by atoms with Crippen molar-refractivity contribution in [1.82, 2.24) is 19.7 Å².